The maximum absolute atomic E-state index is 8.65. The lowest BCUT2D eigenvalue weighted by molar-refractivity contribution is -0.0461. The van der Waals surface area contributed by atoms with Gasteiger partial charge in [-0.3, -0.25) is 0 Å². The fraction of sp³-hybridized carbons (Fsp3) is 0.333. The predicted molar refractivity (Wildman–Crippen MR) is 57.7 cm³/mol. The molecule has 2 nitrogen and oxygen atoms in total. The van der Waals surface area contributed by atoms with E-state index >= 15 is 0 Å². The Hall–Kier alpha value is -1.12. The van der Waals surface area contributed by atoms with Crippen molar-refractivity contribution in [1.29, 1.82) is 0 Å². The zero-order chi connectivity index (χ0) is 10.4. The Morgan fingerprint density at radius 3 is 2.36 bits per heavy atom. The summed E-state index contributed by atoms with van der Waals surface area (Å²) in [4.78, 5) is 0. The van der Waals surface area contributed by atoms with Crippen molar-refractivity contribution in [2.75, 3.05) is 0 Å². The van der Waals surface area contributed by atoms with Crippen LogP contribution >= 0.6 is 0 Å². The Bertz CT molecular complexity index is 275. The second-order valence-corrected chi connectivity index (χ2v) is 3.32. The number of aliphatic hydroxyl groups is 2. The van der Waals surface area contributed by atoms with Crippen molar-refractivity contribution in [3.8, 4) is 0 Å². The maximum atomic E-state index is 8.65. The Kier molecular flexibility index (Phi) is 4.36. The minimum absolute atomic E-state index is 0.434. The van der Waals surface area contributed by atoms with Gasteiger partial charge in [0.15, 0.2) is 6.29 Å². The van der Waals surface area contributed by atoms with Gasteiger partial charge in [0.1, 0.15) is 0 Å². The van der Waals surface area contributed by atoms with Gasteiger partial charge in [0.05, 0.1) is 0 Å². The molecule has 0 aliphatic carbocycles. The molecule has 0 atom stereocenters. The highest BCUT2D eigenvalue weighted by molar-refractivity contribution is 5.47. The predicted octanol–water partition coefficient (Wildman–Crippen LogP) is 1.96. The van der Waals surface area contributed by atoms with E-state index < -0.39 is 6.29 Å². The Balaban J connectivity index is 2.40. The van der Waals surface area contributed by atoms with Gasteiger partial charge in [0.25, 0.3) is 0 Å². The van der Waals surface area contributed by atoms with Crippen LogP contribution in [-0.4, -0.2) is 16.5 Å². The van der Waals surface area contributed by atoms with Gasteiger partial charge >= 0.3 is 0 Å². The smallest absolute Gasteiger partial charge is 0.151 e. The molecule has 0 bridgehead atoms. The molecule has 76 valence electrons. The molecular formula is C12H16O2. The monoisotopic (exact) mass is 192 g/mol. The van der Waals surface area contributed by atoms with Crippen molar-refractivity contribution in [3.05, 3.63) is 42.0 Å². The zero-order valence-corrected chi connectivity index (χ0v) is 8.19. The van der Waals surface area contributed by atoms with Gasteiger partial charge in [0.2, 0.25) is 0 Å². The SMILES string of the molecule is C=Cc1ccc(CCCC(O)O)cc1. The fourth-order valence-corrected chi connectivity index (χ4v) is 1.31. The van der Waals surface area contributed by atoms with E-state index in [4.69, 9.17) is 10.2 Å². The van der Waals surface area contributed by atoms with E-state index in [1.54, 1.807) is 6.08 Å². The highest BCUT2D eigenvalue weighted by atomic mass is 16.5. The molecule has 0 aliphatic heterocycles. The van der Waals surface area contributed by atoms with E-state index in [-0.39, 0.29) is 0 Å². The van der Waals surface area contributed by atoms with Gasteiger partial charge in [-0.1, -0.05) is 36.9 Å². The molecule has 0 unspecified atom stereocenters. The molecule has 0 aromatic heterocycles. The summed E-state index contributed by atoms with van der Waals surface area (Å²) >= 11 is 0. The number of aliphatic hydroxyl groups excluding tert-OH is 1. The van der Waals surface area contributed by atoms with Gasteiger partial charge in [-0.05, 0) is 30.4 Å². The van der Waals surface area contributed by atoms with Crippen LogP contribution in [0, 0.1) is 0 Å². The first-order valence-corrected chi connectivity index (χ1v) is 4.80. The summed E-state index contributed by atoms with van der Waals surface area (Å²) in [5.74, 6) is 0. The second-order valence-electron chi connectivity index (χ2n) is 3.32. The Labute approximate surface area is 84.5 Å². The molecular weight excluding hydrogens is 176 g/mol. The van der Waals surface area contributed by atoms with Crippen LogP contribution in [0.4, 0.5) is 0 Å². The highest BCUT2D eigenvalue weighted by Gasteiger charge is 1.98. The van der Waals surface area contributed by atoms with Crippen LogP contribution in [0.3, 0.4) is 0 Å². The van der Waals surface area contributed by atoms with Crippen molar-refractivity contribution in [2.24, 2.45) is 0 Å². The largest absolute Gasteiger partial charge is 0.368 e. The van der Waals surface area contributed by atoms with E-state index in [1.165, 1.54) is 5.56 Å². The van der Waals surface area contributed by atoms with Crippen LogP contribution in [-0.2, 0) is 6.42 Å². The van der Waals surface area contributed by atoms with Crippen LogP contribution in [0.15, 0.2) is 30.8 Å². The third-order valence-corrected chi connectivity index (χ3v) is 2.14. The lowest BCUT2D eigenvalue weighted by atomic mass is 10.1. The van der Waals surface area contributed by atoms with Gasteiger partial charge < -0.3 is 10.2 Å². The van der Waals surface area contributed by atoms with E-state index in [0.717, 1.165) is 18.4 Å². The maximum Gasteiger partial charge on any atom is 0.151 e. The van der Waals surface area contributed by atoms with Crippen molar-refractivity contribution in [2.45, 2.75) is 25.6 Å². The van der Waals surface area contributed by atoms with Gasteiger partial charge in [-0.25, -0.2) is 0 Å². The zero-order valence-electron chi connectivity index (χ0n) is 8.19. The van der Waals surface area contributed by atoms with Crippen molar-refractivity contribution in [3.63, 3.8) is 0 Å². The van der Waals surface area contributed by atoms with Crippen molar-refractivity contribution < 1.29 is 10.2 Å². The number of hydrogen-bond donors (Lipinski definition) is 2. The molecule has 0 saturated carbocycles. The molecule has 2 heteroatoms. The summed E-state index contributed by atoms with van der Waals surface area (Å²) in [5.41, 5.74) is 2.33. The molecule has 0 spiro atoms. The van der Waals surface area contributed by atoms with Crippen LogP contribution < -0.4 is 0 Å². The van der Waals surface area contributed by atoms with E-state index in [1.807, 2.05) is 24.3 Å². The Morgan fingerprint density at radius 2 is 1.86 bits per heavy atom. The molecule has 1 aromatic rings. The minimum atomic E-state index is -1.18. The van der Waals surface area contributed by atoms with Crippen LogP contribution in [0.25, 0.3) is 6.08 Å². The fourth-order valence-electron chi connectivity index (χ4n) is 1.31. The molecule has 1 aromatic carbocycles. The summed E-state index contributed by atoms with van der Waals surface area (Å²) < 4.78 is 0. The molecule has 2 N–H and O–H groups in total. The summed E-state index contributed by atoms with van der Waals surface area (Å²) in [6, 6.07) is 8.11. The molecule has 0 fully saturated rings. The molecule has 0 saturated heterocycles. The second kappa shape index (κ2) is 5.58. The van der Waals surface area contributed by atoms with Gasteiger partial charge in [0, 0.05) is 0 Å². The average Bonchev–Trinajstić information content (AvgIpc) is 2.18. The molecule has 0 amide bonds. The molecule has 0 radical (unpaired) electrons. The minimum Gasteiger partial charge on any atom is -0.368 e. The Morgan fingerprint density at radius 1 is 1.21 bits per heavy atom. The highest BCUT2D eigenvalue weighted by Crippen LogP contribution is 2.09. The first-order valence-electron chi connectivity index (χ1n) is 4.80. The third-order valence-electron chi connectivity index (χ3n) is 2.14. The first kappa shape index (κ1) is 11.0. The van der Waals surface area contributed by atoms with Crippen LogP contribution in [0.2, 0.25) is 0 Å². The molecule has 0 aliphatic rings. The molecule has 14 heavy (non-hydrogen) atoms. The topological polar surface area (TPSA) is 40.5 Å². The van der Waals surface area contributed by atoms with E-state index in [0.29, 0.717) is 6.42 Å². The standard InChI is InChI=1S/C12H16O2/c1-2-10-6-8-11(9-7-10)4-3-5-12(13)14/h2,6-9,12-14H,1,3-5H2. The van der Waals surface area contributed by atoms with Crippen LogP contribution in [0.1, 0.15) is 24.0 Å². The summed E-state index contributed by atoms with van der Waals surface area (Å²) in [6.45, 7) is 3.68. The number of benzene rings is 1. The molecule has 1 rings (SSSR count). The van der Waals surface area contributed by atoms with Crippen LogP contribution in [0.5, 0.6) is 0 Å². The van der Waals surface area contributed by atoms with Crippen molar-refractivity contribution >= 4 is 6.08 Å². The van der Waals surface area contributed by atoms with E-state index in [2.05, 4.69) is 6.58 Å². The number of hydrogen-bond acceptors (Lipinski definition) is 2. The first-order chi connectivity index (χ1) is 6.72. The third kappa shape index (κ3) is 3.73. The van der Waals surface area contributed by atoms with Gasteiger partial charge in [-0.2, -0.15) is 0 Å². The van der Waals surface area contributed by atoms with Crippen molar-refractivity contribution in [1.82, 2.24) is 0 Å². The quantitative estimate of drug-likeness (QED) is 0.700. The number of rotatable bonds is 5. The number of aryl methyl sites for hydroxylation is 1. The van der Waals surface area contributed by atoms with Gasteiger partial charge in [-0.15, -0.1) is 0 Å². The average molecular weight is 192 g/mol. The molecule has 0 heterocycles. The summed E-state index contributed by atoms with van der Waals surface area (Å²) in [6.07, 6.45) is 2.74. The normalized spacial score (nSPS) is 10.5. The van der Waals surface area contributed by atoms with E-state index in [9.17, 15) is 0 Å². The summed E-state index contributed by atoms with van der Waals surface area (Å²) in [7, 11) is 0. The summed E-state index contributed by atoms with van der Waals surface area (Å²) in [5, 5.41) is 17.3. The lowest BCUT2D eigenvalue weighted by Crippen LogP contribution is -2.03. The lowest BCUT2D eigenvalue weighted by Gasteiger charge is -2.03.